The van der Waals surface area contributed by atoms with Crippen LogP contribution in [0.3, 0.4) is 0 Å². The fraction of sp³-hybridized carbons (Fsp3) is 0.556. The van der Waals surface area contributed by atoms with E-state index in [2.05, 4.69) is 5.10 Å². The molecule has 0 bridgehead atoms. The van der Waals surface area contributed by atoms with Crippen molar-refractivity contribution in [1.29, 1.82) is 0 Å². The maximum atomic E-state index is 11.6. The highest BCUT2D eigenvalue weighted by atomic mass is 35.5. The van der Waals surface area contributed by atoms with E-state index in [9.17, 15) is 4.79 Å². The highest BCUT2D eigenvalue weighted by Crippen LogP contribution is 2.17. The molecule has 0 N–H and O–H groups in total. The second-order valence-corrected chi connectivity index (χ2v) is 3.89. The van der Waals surface area contributed by atoms with E-state index in [1.807, 2.05) is 13.8 Å². The third-order valence-electron chi connectivity index (χ3n) is 1.75. The number of rotatable bonds is 3. The second kappa shape index (κ2) is 3.92. The van der Waals surface area contributed by atoms with Crippen molar-refractivity contribution in [2.75, 3.05) is 0 Å². The Balaban J connectivity index is 2.88. The zero-order chi connectivity index (χ0) is 10.0. The molecule has 0 aromatic carbocycles. The minimum Gasteiger partial charge on any atom is -0.292 e. The molecule has 0 atom stereocenters. The summed E-state index contributed by atoms with van der Waals surface area (Å²) in [5.41, 5.74) is 0.510. The number of carbonyl (C=O) groups is 1. The second-order valence-electron chi connectivity index (χ2n) is 3.49. The lowest BCUT2D eigenvalue weighted by molar-refractivity contribution is 0.0959. The molecule has 0 fully saturated rings. The Labute approximate surface area is 82.7 Å². The van der Waals surface area contributed by atoms with Crippen LogP contribution in [-0.4, -0.2) is 15.6 Å². The molecular formula is C9H13ClN2O. The van der Waals surface area contributed by atoms with Gasteiger partial charge in [0.05, 0.1) is 11.2 Å². The van der Waals surface area contributed by atoms with E-state index < -0.39 is 0 Å². The van der Waals surface area contributed by atoms with Crippen LogP contribution in [0.5, 0.6) is 0 Å². The van der Waals surface area contributed by atoms with Crippen LogP contribution in [0.4, 0.5) is 0 Å². The minimum atomic E-state index is 0.0556. The van der Waals surface area contributed by atoms with Crippen molar-refractivity contribution in [1.82, 2.24) is 9.78 Å². The highest BCUT2D eigenvalue weighted by molar-refractivity contribution is 6.33. The summed E-state index contributed by atoms with van der Waals surface area (Å²) in [5, 5.41) is 4.35. The van der Waals surface area contributed by atoms with Crippen molar-refractivity contribution < 1.29 is 4.79 Å². The Hall–Kier alpha value is -0.830. The van der Waals surface area contributed by atoms with Gasteiger partial charge in [-0.2, -0.15) is 5.10 Å². The maximum Gasteiger partial charge on any atom is 0.182 e. The topological polar surface area (TPSA) is 34.9 Å². The Bertz CT molecular complexity index is 298. The molecule has 1 aromatic rings. The smallest absolute Gasteiger partial charge is 0.182 e. The van der Waals surface area contributed by atoms with Crippen molar-refractivity contribution in [2.24, 2.45) is 13.0 Å². The molecular weight excluding hydrogens is 188 g/mol. The van der Waals surface area contributed by atoms with E-state index in [1.54, 1.807) is 7.05 Å². The molecule has 1 heterocycles. The number of Topliss-reactive ketones (excluding diaryl/α,β-unsaturated/α-hetero) is 1. The van der Waals surface area contributed by atoms with Gasteiger partial charge in [-0.3, -0.25) is 9.48 Å². The first-order chi connectivity index (χ1) is 6.02. The van der Waals surface area contributed by atoms with Gasteiger partial charge in [-0.1, -0.05) is 25.4 Å². The van der Waals surface area contributed by atoms with E-state index in [1.165, 1.54) is 10.9 Å². The molecule has 0 aliphatic heterocycles. The molecule has 0 radical (unpaired) electrons. The third-order valence-corrected chi connectivity index (χ3v) is 2.03. The molecule has 0 amide bonds. The van der Waals surface area contributed by atoms with Crippen LogP contribution >= 0.6 is 11.6 Å². The summed E-state index contributed by atoms with van der Waals surface area (Å²) < 4.78 is 1.52. The number of carbonyl (C=O) groups excluding carboxylic acids is 1. The Kier molecular flexibility index (Phi) is 3.09. The van der Waals surface area contributed by atoms with Gasteiger partial charge < -0.3 is 0 Å². The molecule has 1 rings (SSSR count). The molecule has 13 heavy (non-hydrogen) atoms. The van der Waals surface area contributed by atoms with Gasteiger partial charge >= 0.3 is 0 Å². The Morgan fingerprint density at radius 3 is 2.69 bits per heavy atom. The predicted octanol–water partition coefficient (Wildman–Crippen LogP) is 2.30. The van der Waals surface area contributed by atoms with Crippen molar-refractivity contribution in [3.8, 4) is 0 Å². The average Bonchev–Trinajstić information content (AvgIpc) is 2.29. The number of aromatic nitrogens is 2. The zero-order valence-corrected chi connectivity index (χ0v) is 8.80. The third kappa shape index (κ3) is 2.31. The molecule has 4 heteroatoms. The molecule has 0 saturated heterocycles. The molecule has 72 valence electrons. The summed E-state index contributed by atoms with van der Waals surface area (Å²) in [6.45, 7) is 4.00. The van der Waals surface area contributed by atoms with Crippen LogP contribution in [0.15, 0.2) is 6.20 Å². The lowest BCUT2D eigenvalue weighted by Crippen LogP contribution is -2.09. The van der Waals surface area contributed by atoms with E-state index in [4.69, 9.17) is 11.6 Å². The van der Waals surface area contributed by atoms with Gasteiger partial charge in [0.25, 0.3) is 0 Å². The lowest BCUT2D eigenvalue weighted by atomic mass is 10.1. The number of halogens is 1. The fourth-order valence-electron chi connectivity index (χ4n) is 1.19. The maximum absolute atomic E-state index is 11.6. The van der Waals surface area contributed by atoms with Gasteiger partial charge in [0, 0.05) is 13.5 Å². The standard InChI is InChI=1S/C9H13ClN2O/c1-6(2)4-8(13)9-7(10)5-11-12(9)3/h5-6H,4H2,1-3H3. The summed E-state index contributed by atoms with van der Waals surface area (Å²) in [6, 6.07) is 0. The van der Waals surface area contributed by atoms with Gasteiger partial charge in [0.1, 0.15) is 5.69 Å². The van der Waals surface area contributed by atoms with E-state index in [0.29, 0.717) is 23.1 Å². The fourth-order valence-corrected chi connectivity index (χ4v) is 1.46. The van der Waals surface area contributed by atoms with Crippen LogP contribution < -0.4 is 0 Å². The predicted molar refractivity (Wildman–Crippen MR) is 52.0 cm³/mol. The summed E-state index contributed by atoms with van der Waals surface area (Å²) in [7, 11) is 1.72. The Morgan fingerprint density at radius 1 is 1.69 bits per heavy atom. The van der Waals surface area contributed by atoms with E-state index in [0.717, 1.165) is 0 Å². The summed E-state index contributed by atoms with van der Waals surface area (Å²) in [6.07, 6.45) is 2.01. The van der Waals surface area contributed by atoms with Crippen molar-refractivity contribution >= 4 is 17.4 Å². The first-order valence-electron chi connectivity index (χ1n) is 4.23. The van der Waals surface area contributed by atoms with Crippen molar-refractivity contribution in [3.63, 3.8) is 0 Å². The number of nitrogens with zero attached hydrogens (tertiary/aromatic N) is 2. The van der Waals surface area contributed by atoms with Crippen LogP contribution in [0.2, 0.25) is 5.02 Å². The van der Waals surface area contributed by atoms with Crippen LogP contribution in [0.1, 0.15) is 30.8 Å². The van der Waals surface area contributed by atoms with E-state index in [-0.39, 0.29) is 5.78 Å². The van der Waals surface area contributed by atoms with Crippen LogP contribution in [0, 0.1) is 5.92 Å². The monoisotopic (exact) mass is 200 g/mol. The first kappa shape index (κ1) is 10.3. The molecule has 1 aromatic heterocycles. The zero-order valence-electron chi connectivity index (χ0n) is 8.04. The van der Waals surface area contributed by atoms with Gasteiger partial charge in [0.2, 0.25) is 0 Å². The average molecular weight is 201 g/mol. The Morgan fingerprint density at radius 2 is 2.31 bits per heavy atom. The summed E-state index contributed by atoms with van der Waals surface area (Å²) in [5.74, 6) is 0.401. The molecule has 0 saturated carbocycles. The van der Waals surface area contributed by atoms with Gasteiger partial charge in [-0.05, 0) is 5.92 Å². The van der Waals surface area contributed by atoms with Crippen LogP contribution in [-0.2, 0) is 7.05 Å². The number of aryl methyl sites for hydroxylation is 1. The van der Waals surface area contributed by atoms with Gasteiger partial charge in [-0.25, -0.2) is 0 Å². The normalized spacial score (nSPS) is 10.8. The van der Waals surface area contributed by atoms with E-state index >= 15 is 0 Å². The number of hydrogen-bond donors (Lipinski definition) is 0. The summed E-state index contributed by atoms with van der Waals surface area (Å²) >= 11 is 5.82. The van der Waals surface area contributed by atoms with Gasteiger partial charge in [-0.15, -0.1) is 0 Å². The highest BCUT2D eigenvalue weighted by Gasteiger charge is 2.16. The van der Waals surface area contributed by atoms with Crippen molar-refractivity contribution in [2.45, 2.75) is 20.3 Å². The molecule has 0 aliphatic rings. The molecule has 3 nitrogen and oxygen atoms in total. The quantitative estimate of drug-likeness (QED) is 0.702. The van der Waals surface area contributed by atoms with Crippen LogP contribution in [0.25, 0.3) is 0 Å². The minimum absolute atomic E-state index is 0.0556. The van der Waals surface area contributed by atoms with Crippen molar-refractivity contribution in [3.05, 3.63) is 16.9 Å². The SMILES string of the molecule is CC(C)CC(=O)c1c(Cl)cnn1C. The molecule has 0 aliphatic carbocycles. The number of ketones is 1. The molecule has 0 unspecified atom stereocenters. The first-order valence-corrected chi connectivity index (χ1v) is 4.61. The number of hydrogen-bond acceptors (Lipinski definition) is 2. The largest absolute Gasteiger partial charge is 0.292 e. The molecule has 0 spiro atoms. The summed E-state index contributed by atoms with van der Waals surface area (Å²) in [4.78, 5) is 11.6. The lowest BCUT2D eigenvalue weighted by Gasteiger charge is -2.04. The van der Waals surface area contributed by atoms with Gasteiger partial charge in [0.15, 0.2) is 5.78 Å².